The summed E-state index contributed by atoms with van der Waals surface area (Å²) in [7, 11) is -3.53. The normalized spacial score (nSPS) is 13.1. The molecule has 0 fully saturated rings. The second-order valence-electron chi connectivity index (χ2n) is 9.13. The summed E-state index contributed by atoms with van der Waals surface area (Å²) in [5.41, 5.74) is 2.33. The summed E-state index contributed by atoms with van der Waals surface area (Å²) in [5, 5.41) is 3.51. The van der Waals surface area contributed by atoms with Gasteiger partial charge in [-0.15, -0.1) is 0 Å². The molecule has 198 valence electrons. The van der Waals surface area contributed by atoms with Crippen molar-refractivity contribution < 1.29 is 18.0 Å². The molecule has 2 amide bonds. The van der Waals surface area contributed by atoms with Gasteiger partial charge in [-0.2, -0.15) is 0 Å². The number of amides is 2. The third kappa shape index (κ3) is 8.52. The molecule has 36 heavy (non-hydrogen) atoms. The molecule has 2 rings (SSSR count). The predicted molar refractivity (Wildman–Crippen MR) is 147 cm³/mol. The maximum atomic E-state index is 13.5. The first kappa shape index (κ1) is 29.6. The summed E-state index contributed by atoms with van der Waals surface area (Å²) in [5.74, 6) is -0.428. The number of aryl methyl sites for hydroxylation is 1. The van der Waals surface area contributed by atoms with E-state index in [-0.39, 0.29) is 37.4 Å². The highest BCUT2D eigenvalue weighted by atomic mass is 35.5. The molecule has 0 aliphatic heterocycles. The number of rotatable bonds is 13. The lowest BCUT2D eigenvalue weighted by Crippen LogP contribution is -2.50. The number of nitrogens with zero attached hydrogens (tertiary/aromatic N) is 2. The van der Waals surface area contributed by atoms with Gasteiger partial charge in [-0.3, -0.25) is 13.9 Å². The van der Waals surface area contributed by atoms with Crippen molar-refractivity contribution in [2.24, 2.45) is 0 Å². The molecule has 1 N–H and O–H groups in total. The Morgan fingerprint density at radius 1 is 1.03 bits per heavy atom. The van der Waals surface area contributed by atoms with Crippen LogP contribution in [0.3, 0.4) is 0 Å². The van der Waals surface area contributed by atoms with Gasteiger partial charge >= 0.3 is 0 Å². The zero-order valence-electron chi connectivity index (χ0n) is 21.8. The number of anilines is 1. The molecule has 2 aromatic carbocycles. The smallest absolute Gasteiger partial charge is 0.243 e. The van der Waals surface area contributed by atoms with Crippen molar-refractivity contribution in [3.8, 4) is 0 Å². The van der Waals surface area contributed by atoms with E-state index < -0.39 is 16.1 Å². The van der Waals surface area contributed by atoms with Crippen LogP contribution in [0.1, 0.15) is 57.6 Å². The number of carbonyl (C=O) groups is 2. The minimum atomic E-state index is -3.53. The third-order valence-electron chi connectivity index (χ3n) is 6.16. The maximum absolute atomic E-state index is 13.5. The molecule has 9 heteroatoms. The highest BCUT2D eigenvalue weighted by Gasteiger charge is 2.29. The topological polar surface area (TPSA) is 86.8 Å². The molecule has 2 atom stereocenters. The Bertz CT molecular complexity index is 1120. The minimum Gasteiger partial charge on any atom is -0.352 e. The number of nitrogens with one attached hydrogen (secondary N) is 1. The Hall–Kier alpha value is -2.58. The Morgan fingerprint density at radius 2 is 1.67 bits per heavy atom. The van der Waals surface area contributed by atoms with Gasteiger partial charge in [-0.05, 0) is 56.9 Å². The van der Waals surface area contributed by atoms with Crippen molar-refractivity contribution in [1.82, 2.24) is 10.2 Å². The van der Waals surface area contributed by atoms with Crippen LogP contribution >= 0.6 is 11.6 Å². The summed E-state index contributed by atoms with van der Waals surface area (Å²) in [6.45, 7) is 8.07. The molecule has 0 saturated heterocycles. The molecule has 0 aromatic heterocycles. The van der Waals surface area contributed by atoms with Crippen molar-refractivity contribution >= 4 is 39.1 Å². The van der Waals surface area contributed by atoms with Gasteiger partial charge in [0.1, 0.15) is 6.04 Å². The molecule has 0 radical (unpaired) electrons. The van der Waals surface area contributed by atoms with Gasteiger partial charge in [0, 0.05) is 30.6 Å². The molecular weight excluding hydrogens is 498 g/mol. The molecule has 0 saturated carbocycles. The second-order valence-corrected chi connectivity index (χ2v) is 11.4. The fourth-order valence-corrected chi connectivity index (χ4v) is 5.05. The van der Waals surface area contributed by atoms with Crippen LogP contribution in [0.4, 0.5) is 5.69 Å². The Balaban J connectivity index is 2.23. The Labute approximate surface area is 220 Å². The highest BCUT2D eigenvalue weighted by Crippen LogP contribution is 2.22. The highest BCUT2D eigenvalue weighted by molar-refractivity contribution is 7.92. The average Bonchev–Trinajstić information content (AvgIpc) is 2.82. The van der Waals surface area contributed by atoms with E-state index in [0.717, 1.165) is 23.8 Å². The van der Waals surface area contributed by atoms with E-state index in [2.05, 4.69) is 5.32 Å². The van der Waals surface area contributed by atoms with Gasteiger partial charge in [0.05, 0.1) is 11.9 Å². The zero-order chi connectivity index (χ0) is 26.9. The first-order chi connectivity index (χ1) is 17.0. The van der Waals surface area contributed by atoms with E-state index >= 15 is 0 Å². The van der Waals surface area contributed by atoms with Crippen molar-refractivity contribution in [2.75, 3.05) is 17.1 Å². The zero-order valence-corrected chi connectivity index (χ0v) is 23.4. The lowest BCUT2D eigenvalue weighted by Gasteiger charge is -2.32. The Kier molecular flexibility index (Phi) is 11.2. The molecule has 0 spiro atoms. The van der Waals surface area contributed by atoms with Crippen molar-refractivity contribution in [1.29, 1.82) is 0 Å². The molecule has 2 unspecified atom stereocenters. The molecule has 0 aliphatic rings. The summed E-state index contributed by atoms with van der Waals surface area (Å²) < 4.78 is 26.2. The summed E-state index contributed by atoms with van der Waals surface area (Å²) in [6, 6.07) is 13.8. The van der Waals surface area contributed by atoms with E-state index in [0.29, 0.717) is 23.6 Å². The van der Waals surface area contributed by atoms with Crippen LogP contribution in [0.25, 0.3) is 0 Å². The van der Waals surface area contributed by atoms with E-state index in [4.69, 9.17) is 11.6 Å². The standard InChI is InChI=1S/C27H38ClN3O4S/c1-6-21(4)29-27(33)25(7-2)30(19-22-11-8-9-12-24(22)28)26(32)13-10-18-31(36(5,34)35)23-16-14-20(3)15-17-23/h8-9,11-12,14-17,21,25H,6-7,10,13,18-19H2,1-5H3,(H,29,33). The fraction of sp³-hybridized carbons (Fsp3) is 0.481. The summed E-state index contributed by atoms with van der Waals surface area (Å²) in [6.07, 6.45) is 2.78. The maximum Gasteiger partial charge on any atom is 0.243 e. The Morgan fingerprint density at radius 3 is 2.22 bits per heavy atom. The predicted octanol–water partition coefficient (Wildman–Crippen LogP) is 4.92. The lowest BCUT2D eigenvalue weighted by atomic mass is 10.1. The lowest BCUT2D eigenvalue weighted by molar-refractivity contribution is -0.141. The van der Waals surface area contributed by atoms with Gasteiger partial charge in [0.2, 0.25) is 21.8 Å². The third-order valence-corrected chi connectivity index (χ3v) is 7.72. The van der Waals surface area contributed by atoms with E-state index in [1.807, 2.05) is 58.0 Å². The quantitative estimate of drug-likeness (QED) is 0.394. The van der Waals surface area contributed by atoms with E-state index in [1.54, 1.807) is 23.1 Å². The van der Waals surface area contributed by atoms with E-state index in [9.17, 15) is 18.0 Å². The first-order valence-electron chi connectivity index (χ1n) is 12.4. The molecule has 0 heterocycles. The number of halogens is 1. The average molecular weight is 536 g/mol. The van der Waals surface area contributed by atoms with Crippen LogP contribution < -0.4 is 9.62 Å². The molecule has 7 nitrogen and oxygen atoms in total. The van der Waals surface area contributed by atoms with Crippen LogP contribution in [0.2, 0.25) is 5.02 Å². The van der Waals surface area contributed by atoms with Crippen molar-refractivity contribution in [3.05, 3.63) is 64.7 Å². The molecular formula is C27H38ClN3O4S. The molecule has 0 bridgehead atoms. The SMILES string of the molecule is CCC(C)NC(=O)C(CC)N(Cc1ccccc1Cl)C(=O)CCCN(c1ccc(C)cc1)S(C)(=O)=O. The molecule has 0 aliphatic carbocycles. The number of carbonyl (C=O) groups excluding carboxylic acids is 2. The van der Waals surface area contributed by atoms with Crippen molar-refractivity contribution in [3.63, 3.8) is 0 Å². The van der Waals surface area contributed by atoms with Gasteiger partial charge in [0.25, 0.3) is 0 Å². The van der Waals surface area contributed by atoms with Gasteiger partial charge in [-0.1, -0.05) is 61.3 Å². The van der Waals surface area contributed by atoms with E-state index in [1.165, 1.54) is 4.31 Å². The van der Waals surface area contributed by atoms with Gasteiger partial charge < -0.3 is 10.2 Å². The second kappa shape index (κ2) is 13.7. The van der Waals surface area contributed by atoms with Crippen molar-refractivity contribution in [2.45, 2.75) is 72.0 Å². The number of sulfonamides is 1. The number of hydrogen-bond acceptors (Lipinski definition) is 4. The largest absolute Gasteiger partial charge is 0.352 e. The summed E-state index contributed by atoms with van der Waals surface area (Å²) >= 11 is 6.37. The molecule has 2 aromatic rings. The number of benzene rings is 2. The van der Waals surface area contributed by atoms with Crippen LogP contribution in [0.5, 0.6) is 0 Å². The van der Waals surface area contributed by atoms with Crippen LogP contribution in [-0.2, 0) is 26.2 Å². The van der Waals surface area contributed by atoms with Gasteiger partial charge in [-0.25, -0.2) is 8.42 Å². The minimum absolute atomic E-state index is 0.0124. The van der Waals surface area contributed by atoms with Crippen LogP contribution in [0.15, 0.2) is 48.5 Å². The summed E-state index contributed by atoms with van der Waals surface area (Å²) in [4.78, 5) is 28.1. The fourth-order valence-electron chi connectivity index (χ4n) is 3.89. The van der Waals surface area contributed by atoms with Gasteiger partial charge in [0.15, 0.2) is 0 Å². The monoisotopic (exact) mass is 535 g/mol. The van der Waals surface area contributed by atoms with Crippen LogP contribution in [0, 0.1) is 6.92 Å². The van der Waals surface area contributed by atoms with Crippen LogP contribution in [-0.4, -0.2) is 50.0 Å². The first-order valence-corrected chi connectivity index (χ1v) is 14.6. The number of hydrogen-bond donors (Lipinski definition) is 1.